The summed E-state index contributed by atoms with van der Waals surface area (Å²) in [6.07, 6.45) is 4.27. The minimum atomic E-state index is -3.48. The van der Waals surface area contributed by atoms with Gasteiger partial charge in [-0.1, -0.05) is 0 Å². The summed E-state index contributed by atoms with van der Waals surface area (Å²) in [6.45, 7) is 3.87. The summed E-state index contributed by atoms with van der Waals surface area (Å²) in [5, 5.41) is 9.29. The van der Waals surface area contributed by atoms with E-state index in [9.17, 15) is 13.7 Å². The number of aromatic nitrogens is 1. The Morgan fingerprint density at radius 3 is 2.13 bits per heavy atom. The molecule has 0 aliphatic rings. The zero-order valence-electron chi connectivity index (χ0n) is 17.5. The zero-order chi connectivity index (χ0) is 22.1. The van der Waals surface area contributed by atoms with Crippen molar-refractivity contribution in [1.29, 1.82) is 5.26 Å². The molecule has 0 saturated carbocycles. The maximum atomic E-state index is 12.3. The molecule has 0 bridgehead atoms. The molecule has 0 radical (unpaired) electrons. The molecule has 0 N–H and O–H groups in total. The lowest BCUT2D eigenvalue weighted by Gasteiger charge is -2.18. The molecule has 3 aromatic rings. The van der Waals surface area contributed by atoms with E-state index < -0.39 is 9.84 Å². The van der Waals surface area contributed by atoms with Crippen molar-refractivity contribution in [3.63, 3.8) is 0 Å². The Morgan fingerprint density at radius 2 is 1.60 bits per heavy atom. The molecule has 30 heavy (non-hydrogen) atoms. The number of methoxy groups -OCH3 is 2. The second-order valence-electron chi connectivity index (χ2n) is 7.04. The first-order valence-electron chi connectivity index (χ1n) is 9.12. The number of pyridine rings is 1. The van der Waals surface area contributed by atoms with Gasteiger partial charge in [-0.25, -0.2) is 8.42 Å². The van der Waals surface area contributed by atoms with Crippen LogP contribution >= 0.6 is 0 Å². The summed E-state index contributed by atoms with van der Waals surface area (Å²) in [7, 11) is -0.379. The summed E-state index contributed by atoms with van der Waals surface area (Å²) in [5.74, 6) is 1.16. The Balaban J connectivity index is 2.44. The minimum absolute atomic E-state index is 0.147. The van der Waals surface area contributed by atoms with E-state index in [1.54, 1.807) is 25.4 Å². The number of hydrogen-bond donors (Lipinski definition) is 0. The van der Waals surface area contributed by atoms with Crippen LogP contribution in [0.1, 0.15) is 16.7 Å². The highest BCUT2D eigenvalue weighted by molar-refractivity contribution is 7.90. The fraction of sp³-hybridized carbons (Fsp3) is 0.217. The molecular formula is C23H22N2O4S. The Bertz CT molecular complexity index is 1250. The van der Waals surface area contributed by atoms with Crippen LogP contribution in [0.25, 0.3) is 22.3 Å². The van der Waals surface area contributed by atoms with E-state index in [-0.39, 0.29) is 4.90 Å². The molecule has 1 heterocycles. The van der Waals surface area contributed by atoms with E-state index in [0.717, 1.165) is 28.7 Å². The van der Waals surface area contributed by atoms with Gasteiger partial charge in [-0.2, -0.15) is 5.26 Å². The van der Waals surface area contributed by atoms with E-state index in [1.165, 1.54) is 19.4 Å². The lowest BCUT2D eigenvalue weighted by molar-refractivity contribution is 0.408. The van der Waals surface area contributed by atoms with E-state index >= 15 is 0 Å². The molecule has 7 heteroatoms. The number of aryl methyl sites for hydroxylation is 2. The van der Waals surface area contributed by atoms with Gasteiger partial charge in [-0.05, 0) is 66.4 Å². The average Bonchev–Trinajstić information content (AvgIpc) is 2.71. The molecule has 0 amide bonds. The van der Waals surface area contributed by atoms with E-state index in [0.29, 0.717) is 28.0 Å². The summed E-state index contributed by atoms with van der Waals surface area (Å²) in [6, 6.07) is 10.8. The number of hydrogen-bond acceptors (Lipinski definition) is 6. The van der Waals surface area contributed by atoms with Crippen molar-refractivity contribution in [2.75, 3.05) is 20.5 Å². The van der Waals surface area contributed by atoms with Gasteiger partial charge in [0.1, 0.15) is 17.6 Å². The standard InChI is InChI=1S/C23H22N2O4S/c1-14-6-17(7-15(2)23(14)29-4)20-9-19(30(5,26)27)10-21(28-3)22(20)18-8-16(11-24)12-25-13-18/h6-10,12-13H,1-5H3. The van der Waals surface area contributed by atoms with Gasteiger partial charge >= 0.3 is 0 Å². The van der Waals surface area contributed by atoms with Gasteiger partial charge in [-0.3, -0.25) is 4.98 Å². The van der Waals surface area contributed by atoms with Crippen molar-refractivity contribution in [2.45, 2.75) is 18.7 Å². The van der Waals surface area contributed by atoms with Crippen molar-refractivity contribution >= 4 is 9.84 Å². The SMILES string of the molecule is COc1cc(S(C)(=O)=O)cc(-c2cc(C)c(OC)c(C)c2)c1-c1cncc(C#N)c1. The summed E-state index contributed by atoms with van der Waals surface area (Å²) in [4.78, 5) is 4.31. The van der Waals surface area contributed by atoms with Gasteiger partial charge in [0.2, 0.25) is 0 Å². The summed E-state index contributed by atoms with van der Waals surface area (Å²) in [5.41, 5.74) is 5.05. The Morgan fingerprint density at radius 1 is 0.933 bits per heavy atom. The number of nitrogens with zero attached hydrogens (tertiary/aromatic N) is 2. The van der Waals surface area contributed by atoms with Crippen LogP contribution in [0, 0.1) is 25.2 Å². The molecule has 0 atom stereocenters. The van der Waals surface area contributed by atoms with E-state index in [2.05, 4.69) is 11.1 Å². The Kier molecular flexibility index (Phi) is 5.81. The fourth-order valence-electron chi connectivity index (χ4n) is 3.56. The van der Waals surface area contributed by atoms with Crippen molar-refractivity contribution in [2.24, 2.45) is 0 Å². The average molecular weight is 423 g/mol. The highest BCUT2D eigenvalue weighted by Crippen LogP contribution is 2.42. The van der Waals surface area contributed by atoms with Crippen molar-refractivity contribution in [1.82, 2.24) is 4.98 Å². The molecule has 0 fully saturated rings. The topological polar surface area (TPSA) is 89.3 Å². The molecule has 0 aliphatic carbocycles. The van der Waals surface area contributed by atoms with Crippen LogP contribution in [0.2, 0.25) is 0 Å². The Labute approximate surface area is 176 Å². The van der Waals surface area contributed by atoms with Crippen molar-refractivity contribution < 1.29 is 17.9 Å². The predicted octanol–water partition coefficient (Wildman–Crippen LogP) is 4.32. The smallest absolute Gasteiger partial charge is 0.175 e. The number of nitriles is 1. The first kappa shape index (κ1) is 21.3. The fourth-order valence-corrected chi connectivity index (χ4v) is 4.21. The molecule has 3 rings (SSSR count). The quantitative estimate of drug-likeness (QED) is 0.608. The molecule has 1 aromatic heterocycles. The summed E-state index contributed by atoms with van der Waals surface area (Å²) < 4.78 is 35.7. The van der Waals surface area contributed by atoms with Crippen LogP contribution in [-0.4, -0.2) is 33.9 Å². The van der Waals surface area contributed by atoms with Crippen LogP contribution in [-0.2, 0) is 9.84 Å². The molecule has 6 nitrogen and oxygen atoms in total. The van der Waals surface area contributed by atoms with Crippen LogP contribution < -0.4 is 9.47 Å². The van der Waals surface area contributed by atoms with Crippen LogP contribution in [0.5, 0.6) is 11.5 Å². The maximum absolute atomic E-state index is 12.3. The first-order chi connectivity index (χ1) is 14.2. The van der Waals surface area contributed by atoms with Gasteiger partial charge < -0.3 is 9.47 Å². The van der Waals surface area contributed by atoms with Crippen LogP contribution in [0.15, 0.2) is 47.6 Å². The lowest BCUT2D eigenvalue weighted by Crippen LogP contribution is -2.02. The monoisotopic (exact) mass is 422 g/mol. The third kappa shape index (κ3) is 4.00. The third-order valence-corrected chi connectivity index (χ3v) is 5.95. The van der Waals surface area contributed by atoms with E-state index in [4.69, 9.17) is 9.47 Å². The highest BCUT2D eigenvalue weighted by atomic mass is 32.2. The first-order valence-corrected chi connectivity index (χ1v) is 11.0. The van der Waals surface area contributed by atoms with Crippen LogP contribution in [0.3, 0.4) is 0 Å². The largest absolute Gasteiger partial charge is 0.496 e. The zero-order valence-corrected chi connectivity index (χ0v) is 18.3. The van der Waals surface area contributed by atoms with Gasteiger partial charge in [0, 0.05) is 29.8 Å². The molecule has 154 valence electrons. The lowest BCUT2D eigenvalue weighted by atomic mass is 9.92. The second kappa shape index (κ2) is 8.17. The Hall–Kier alpha value is -3.37. The molecule has 0 aliphatic heterocycles. The minimum Gasteiger partial charge on any atom is -0.496 e. The van der Waals surface area contributed by atoms with Crippen molar-refractivity contribution in [3.05, 3.63) is 59.4 Å². The summed E-state index contributed by atoms with van der Waals surface area (Å²) >= 11 is 0. The molecule has 2 aromatic carbocycles. The van der Waals surface area contributed by atoms with E-state index in [1.807, 2.05) is 26.0 Å². The van der Waals surface area contributed by atoms with Gasteiger partial charge in [0.15, 0.2) is 9.84 Å². The molecule has 0 saturated heterocycles. The van der Waals surface area contributed by atoms with Crippen molar-refractivity contribution in [3.8, 4) is 39.8 Å². The maximum Gasteiger partial charge on any atom is 0.175 e. The van der Waals surface area contributed by atoms with Gasteiger partial charge in [0.05, 0.1) is 24.7 Å². The number of rotatable bonds is 5. The molecule has 0 unspecified atom stereocenters. The number of sulfone groups is 1. The molecular weight excluding hydrogens is 400 g/mol. The predicted molar refractivity (Wildman–Crippen MR) is 116 cm³/mol. The normalized spacial score (nSPS) is 11.1. The highest BCUT2D eigenvalue weighted by Gasteiger charge is 2.21. The van der Waals surface area contributed by atoms with Gasteiger partial charge in [0.25, 0.3) is 0 Å². The second-order valence-corrected chi connectivity index (χ2v) is 9.05. The molecule has 0 spiro atoms. The number of benzene rings is 2. The third-order valence-electron chi connectivity index (χ3n) is 4.86. The van der Waals surface area contributed by atoms with Crippen LogP contribution in [0.4, 0.5) is 0 Å². The number of ether oxygens (including phenoxy) is 2. The van der Waals surface area contributed by atoms with Gasteiger partial charge in [-0.15, -0.1) is 0 Å².